The molecule has 0 aliphatic rings. The van der Waals surface area contributed by atoms with Gasteiger partial charge in [-0.15, -0.1) is 0 Å². The standard InChI is InChI=1S/C18H16IN3O2S/c1-10(2)16(23)22-18(25)20-13-7-8-15-14(9-13)21-17(24-15)11-3-5-12(19)6-4-11/h3-10H,1-2H3,(H2,20,22,23,25). The normalized spacial score (nSPS) is 10.9. The summed E-state index contributed by atoms with van der Waals surface area (Å²) in [4.78, 5) is 16.2. The van der Waals surface area contributed by atoms with Gasteiger partial charge in [-0.05, 0) is 77.3 Å². The van der Waals surface area contributed by atoms with E-state index in [1.54, 1.807) is 0 Å². The van der Waals surface area contributed by atoms with Crippen LogP contribution in [0.15, 0.2) is 46.9 Å². The van der Waals surface area contributed by atoms with Crippen LogP contribution in [0.5, 0.6) is 0 Å². The van der Waals surface area contributed by atoms with Crippen molar-refractivity contribution in [2.75, 3.05) is 5.32 Å². The summed E-state index contributed by atoms with van der Waals surface area (Å²) in [6.45, 7) is 3.62. The number of carbonyl (C=O) groups excluding carboxylic acids is 1. The molecule has 0 unspecified atom stereocenters. The van der Waals surface area contributed by atoms with E-state index in [9.17, 15) is 4.79 Å². The van der Waals surface area contributed by atoms with Crippen LogP contribution in [0.25, 0.3) is 22.6 Å². The number of anilines is 1. The number of aromatic nitrogens is 1. The molecule has 0 aliphatic carbocycles. The van der Waals surface area contributed by atoms with E-state index >= 15 is 0 Å². The van der Waals surface area contributed by atoms with Crippen LogP contribution in [0.1, 0.15) is 13.8 Å². The highest BCUT2D eigenvalue weighted by Gasteiger charge is 2.11. The highest BCUT2D eigenvalue weighted by molar-refractivity contribution is 14.1. The summed E-state index contributed by atoms with van der Waals surface area (Å²) in [7, 11) is 0. The van der Waals surface area contributed by atoms with Crippen LogP contribution >= 0.6 is 34.8 Å². The Labute approximate surface area is 164 Å². The Kier molecular flexibility index (Phi) is 5.33. The molecule has 1 aromatic heterocycles. The third kappa shape index (κ3) is 4.35. The lowest BCUT2D eigenvalue weighted by Gasteiger charge is -2.10. The van der Waals surface area contributed by atoms with Crippen LogP contribution in [-0.2, 0) is 4.79 Å². The second kappa shape index (κ2) is 7.49. The second-order valence-electron chi connectivity index (χ2n) is 5.81. The van der Waals surface area contributed by atoms with E-state index in [1.807, 2.05) is 56.3 Å². The van der Waals surface area contributed by atoms with E-state index < -0.39 is 0 Å². The molecular formula is C18H16IN3O2S. The van der Waals surface area contributed by atoms with E-state index in [4.69, 9.17) is 16.6 Å². The number of rotatable bonds is 3. The topological polar surface area (TPSA) is 67.2 Å². The average Bonchev–Trinajstić information content (AvgIpc) is 2.98. The maximum atomic E-state index is 11.7. The van der Waals surface area contributed by atoms with Gasteiger partial charge in [-0.25, -0.2) is 4.98 Å². The highest BCUT2D eigenvalue weighted by atomic mass is 127. The van der Waals surface area contributed by atoms with Crippen molar-refractivity contribution in [1.82, 2.24) is 10.3 Å². The lowest BCUT2D eigenvalue weighted by Crippen LogP contribution is -2.36. The first kappa shape index (κ1) is 17.8. The third-order valence-corrected chi connectivity index (χ3v) is 4.42. The Hall–Kier alpha value is -2.00. The number of hydrogen-bond acceptors (Lipinski definition) is 4. The van der Waals surface area contributed by atoms with Crippen molar-refractivity contribution in [1.29, 1.82) is 0 Å². The van der Waals surface area contributed by atoms with E-state index in [1.165, 1.54) is 0 Å². The zero-order valence-corrected chi connectivity index (χ0v) is 16.6. The Bertz CT molecular complexity index is 935. The second-order valence-corrected chi connectivity index (χ2v) is 7.46. The number of carbonyl (C=O) groups is 1. The summed E-state index contributed by atoms with van der Waals surface area (Å²) in [5.41, 5.74) is 3.07. The van der Waals surface area contributed by atoms with Crippen molar-refractivity contribution >= 4 is 62.6 Å². The number of halogens is 1. The Morgan fingerprint density at radius 3 is 2.60 bits per heavy atom. The molecule has 0 bridgehead atoms. The molecule has 128 valence electrons. The van der Waals surface area contributed by atoms with Gasteiger partial charge in [0.05, 0.1) is 0 Å². The highest BCUT2D eigenvalue weighted by Crippen LogP contribution is 2.26. The van der Waals surface area contributed by atoms with Crippen molar-refractivity contribution in [3.8, 4) is 11.5 Å². The molecule has 5 nitrogen and oxygen atoms in total. The van der Waals surface area contributed by atoms with Gasteiger partial charge >= 0.3 is 0 Å². The third-order valence-electron chi connectivity index (χ3n) is 3.50. The van der Waals surface area contributed by atoms with Gasteiger partial charge in [0.15, 0.2) is 10.7 Å². The number of thiocarbonyl (C=S) groups is 1. The van der Waals surface area contributed by atoms with E-state index in [-0.39, 0.29) is 16.9 Å². The fraction of sp³-hybridized carbons (Fsp3) is 0.167. The number of amides is 1. The van der Waals surface area contributed by atoms with Crippen LogP contribution in [0.4, 0.5) is 5.69 Å². The van der Waals surface area contributed by atoms with E-state index in [0.717, 1.165) is 20.3 Å². The molecule has 0 radical (unpaired) electrons. The van der Waals surface area contributed by atoms with Crippen LogP contribution in [0.2, 0.25) is 0 Å². The minimum absolute atomic E-state index is 0.124. The van der Waals surface area contributed by atoms with Gasteiger partial charge in [0.1, 0.15) is 5.52 Å². The van der Waals surface area contributed by atoms with Gasteiger partial charge < -0.3 is 15.1 Å². The Morgan fingerprint density at radius 2 is 1.92 bits per heavy atom. The van der Waals surface area contributed by atoms with Crippen molar-refractivity contribution in [3.05, 3.63) is 46.0 Å². The fourth-order valence-electron chi connectivity index (χ4n) is 2.14. The predicted octanol–water partition coefficient (Wildman–Crippen LogP) is 4.57. The quantitative estimate of drug-likeness (QED) is 0.438. The molecule has 1 amide bonds. The molecule has 2 aromatic carbocycles. The van der Waals surface area contributed by atoms with E-state index in [2.05, 4.69) is 38.2 Å². The van der Waals surface area contributed by atoms with Gasteiger partial charge in [0.25, 0.3) is 0 Å². The molecule has 0 saturated carbocycles. The summed E-state index contributed by atoms with van der Waals surface area (Å²) in [6.07, 6.45) is 0. The molecule has 1 heterocycles. The number of fused-ring (bicyclic) bond motifs is 1. The maximum absolute atomic E-state index is 11.7. The van der Waals surface area contributed by atoms with Gasteiger partial charge in [0.2, 0.25) is 11.8 Å². The summed E-state index contributed by atoms with van der Waals surface area (Å²) >= 11 is 7.42. The molecule has 0 fully saturated rings. The molecule has 7 heteroatoms. The van der Waals surface area contributed by atoms with Crippen molar-refractivity contribution in [3.63, 3.8) is 0 Å². The Balaban J connectivity index is 1.79. The predicted molar refractivity (Wildman–Crippen MR) is 111 cm³/mol. The molecule has 2 N–H and O–H groups in total. The molecule has 3 aromatic rings. The van der Waals surface area contributed by atoms with Gasteiger partial charge in [-0.1, -0.05) is 13.8 Å². The lowest BCUT2D eigenvalue weighted by molar-refractivity contribution is -0.122. The first-order chi connectivity index (χ1) is 11.9. The molecule has 3 rings (SSSR count). The Morgan fingerprint density at radius 1 is 1.20 bits per heavy atom. The van der Waals surface area contributed by atoms with Crippen molar-refractivity contribution in [2.45, 2.75) is 13.8 Å². The van der Waals surface area contributed by atoms with Crippen LogP contribution in [0, 0.1) is 9.49 Å². The van der Waals surface area contributed by atoms with Crippen LogP contribution < -0.4 is 10.6 Å². The fourth-order valence-corrected chi connectivity index (χ4v) is 2.72. The number of nitrogens with one attached hydrogen (secondary N) is 2. The molecular weight excluding hydrogens is 449 g/mol. The molecule has 25 heavy (non-hydrogen) atoms. The first-order valence-corrected chi connectivity index (χ1v) is 9.19. The van der Waals surface area contributed by atoms with Crippen LogP contribution in [0.3, 0.4) is 0 Å². The zero-order valence-electron chi connectivity index (χ0n) is 13.7. The minimum atomic E-state index is -0.130. The number of hydrogen-bond donors (Lipinski definition) is 2. The summed E-state index contributed by atoms with van der Waals surface area (Å²) in [5.74, 6) is 0.314. The minimum Gasteiger partial charge on any atom is -0.436 e. The van der Waals surface area contributed by atoms with Crippen LogP contribution in [-0.4, -0.2) is 16.0 Å². The summed E-state index contributed by atoms with van der Waals surface area (Å²) < 4.78 is 6.96. The molecule has 0 aliphatic heterocycles. The van der Waals surface area contributed by atoms with Gasteiger partial charge in [0, 0.05) is 20.7 Å². The van der Waals surface area contributed by atoms with Gasteiger partial charge in [-0.3, -0.25) is 4.79 Å². The maximum Gasteiger partial charge on any atom is 0.228 e. The van der Waals surface area contributed by atoms with Gasteiger partial charge in [-0.2, -0.15) is 0 Å². The monoisotopic (exact) mass is 465 g/mol. The average molecular weight is 465 g/mol. The van der Waals surface area contributed by atoms with E-state index in [0.29, 0.717) is 11.5 Å². The molecule has 0 saturated heterocycles. The SMILES string of the molecule is CC(C)C(=O)NC(=S)Nc1ccc2oc(-c3ccc(I)cc3)nc2c1. The molecule has 0 spiro atoms. The largest absolute Gasteiger partial charge is 0.436 e. The number of benzene rings is 2. The molecule has 0 atom stereocenters. The first-order valence-electron chi connectivity index (χ1n) is 7.71. The summed E-state index contributed by atoms with van der Waals surface area (Å²) in [6, 6.07) is 13.5. The smallest absolute Gasteiger partial charge is 0.228 e. The van der Waals surface area contributed by atoms with Crippen molar-refractivity contribution in [2.24, 2.45) is 5.92 Å². The lowest BCUT2D eigenvalue weighted by atomic mass is 10.2. The zero-order chi connectivity index (χ0) is 18.0. The number of nitrogens with zero attached hydrogens (tertiary/aromatic N) is 1. The number of oxazole rings is 1. The van der Waals surface area contributed by atoms with Crippen molar-refractivity contribution < 1.29 is 9.21 Å². The summed E-state index contributed by atoms with van der Waals surface area (Å²) in [5, 5.41) is 5.91.